The standard InChI is InChI=1S/C18H16ClF3N2O/c19-15-10-14(18(20,21)22)11-23-17(15)24-8-6-13(7-9-24)16(25)12-4-2-1-3-5-12/h1-5,10-11,13H,6-9H2. The van der Waals surface area contributed by atoms with Gasteiger partial charge in [-0.15, -0.1) is 0 Å². The molecule has 0 saturated carbocycles. The Labute approximate surface area is 148 Å². The van der Waals surface area contributed by atoms with Gasteiger partial charge in [0.25, 0.3) is 0 Å². The fourth-order valence-corrected chi connectivity index (χ4v) is 3.30. The smallest absolute Gasteiger partial charge is 0.355 e. The number of hydrogen-bond acceptors (Lipinski definition) is 3. The molecule has 2 aromatic rings. The van der Waals surface area contributed by atoms with Crippen LogP contribution < -0.4 is 4.90 Å². The molecule has 1 aliphatic heterocycles. The number of halogens is 4. The number of pyridine rings is 1. The summed E-state index contributed by atoms with van der Waals surface area (Å²) in [6, 6.07) is 10.00. The SMILES string of the molecule is O=C(c1ccccc1)C1CCN(c2ncc(C(F)(F)F)cc2Cl)CC1. The van der Waals surface area contributed by atoms with E-state index in [0.717, 1.165) is 12.3 Å². The van der Waals surface area contributed by atoms with Crippen LogP contribution >= 0.6 is 11.6 Å². The van der Waals surface area contributed by atoms with Crippen molar-refractivity contribution in [1.29, 1.82) is 0 Å². The van der Waals surface area contributed by atoms with Gasteiger partial charge in [-0.1, -0.05) is 41.9 Å². The molecule has 25 heavy (non-hydrogen) atoms. The maximum absolute atomic E-state index is 12.7. The Bertz CT molecular complexity index is 757. The number of nitrogens with zero attached hydrogens (tertiary/aromatic N) is 2. The lowest BCUT2D eigenvalue weighted by molar-refractivity contribution is -0.137. The summed E-state index contributed by atoms with van der Waals surface area (Å²) in [5.74, 6) is 0.346. The summed E-state index contributed by atoms with van der Waals surface area (Å²) >= 11 is 5.99. The van der Waals surface area contributed by atoms with Gasteiger partial charge >= 0.3 is 6.18 Å². The molecule has 132 valence electrons. The Morgan fingerprint density at radius 1 is 1.16 bits per heavy atom. The number of alkyl halides is 3. The van der Waals surface area contributed by atoms with E-state index in [0.29, 0.717) is 37.3 Å². The van der Waals surface area contributed by atoms with Gasteiger partial charge < -0.3 is 4.90 Å². The van der Waals surface area contributed by atoms with Gasteiger partial charge in [-0.2, -0.15) is 13.2 Å². The number of carbonyl (C=O) groups excluding carboxylic acids is 1. The van der Waals surface area contributed by atoms with E-state index in [1.54, 1.807) is 12.1 Å². The normalized spacial score (nSPS) is 16.1. The molecule has 1 aromatic heterocycles. The summed E-state index contributed by atoms with van der Waals surface area (Å²) in [5, 5.41) is -0.0253. The topological polar surface area (TPSA) is 33.2 Å². The van der Waals surface area contributed by atoms with E-state index in [-0.39, 0.29) is 16.7 Å². The highest BCUT2D eigenvalue weighted by Crippen LogP contribution is 2.35. The number of rotatable bonds is 3. The van der Waals surface area contributed by atoms with Gasteiger partial charge in [0.15, 0.2) is 5.78 Å². The first-order valence-corrected chi connectivity index (χ1v) is 8.31. The van der Waals surface area contributed by atoms with Gasteiger partial charge in [0, 0.05) is 30.8 Å². The Morgan fingerprint density at radius 3 is 2.36 bits per heavy atom. The number of aromatic nitrogens is 1. The molecule has 0 amide bonds. The van der Waals surface area contributed by atoms with E-state index in [1.807, 2.05) is 23.1 Å². The first-order chi connectivity index (χ1) is 11.9. The van der Waals surface area contributed by atoms with E-state index in [2.05, 4.69) is 4.98 Å². The average Bonchev–Trinajstić information content (AvgIpc) is 2.61. The minimum absolute atomic E-state index is 0.0253. The molecular formula is C18H16ClF3N2O. The maximum Gasteiger partial charge on any atom is 0.417 e. The number of ketones is 1. The van der Waals surface area contributed by atoms with Crippen LogP contribution in [0.1, 0.15) is 28.8 Å². The van der Waals surface area contributed by atoms with Crippen molar-refractivity contribution in [2.24, 2.45) is 5.92 Å². The highest BCUT2D eigenvalue weighted by Gasteiger charge is 2.33. The van der Waals surface area contributed by atoms with Gasteiger partial charge in [0.05, 0.1) is 10.6 Å². The van der Waals surface area contributed by atoms with Crippen molar-refractivity contribution in [3.05, 3.63) is 58.7 Å². The lowest BCUT2D eigenvalue weighted by Crippen LogP contribution is -2.37. The van der Waals surface area contributed by atoms with E-state index < -0.39 is 11.7 Å². The minimum atomic E-state index is -4.47. The second kappa shape index (κ2) is 7.04. The molecule has 3 rings (SSSR count). The Kier molecular flexibility index (Phi) is 4.99. The first-order valence-electron chi connectivity index (χ1n) is 7.93. The summed E-state index contributed by atoms with van der Waals surface area (Å²) in [6.07, 6.45) is -2.44. The van der Waals surface area contributed by atoms with Crippen LogP contribution in [0.5, 0.6) is 0 Å². The number of hydrogen-bond donors (Lipinski definition) is 0. The molecule has 0 bridgehead atoms. The minimum Gasteiger partial charge on any atom is -0.355 e. The molecule has 0 spiro atoms. The van der Waals surface area contributed by atoms with Crippen LogP contribution in [0, 0.1) is 5.92 Å². The Hall–Kier alpha value is -2.08. The summed E-state index contributed by atoms with van der Waals surface area (Å²) in [4.78, 5) is 18.2. The van der Waals surface area contributed by atoms with Crippen molar-refractivity contribution in [3.63, 3.8) is 0 Å². The Balaban J connectivity index is 1.67. The molecule has 0 aliphatic carbocycles. The monoisotopic (exact) mass is 368 g/mol. The van der Waals surface area contributed by atoms with Gasteiger partial charge in [0.1, 0.15) is 5.82 Å². The molecule has 1 fully saturated rings. The van der Waals surface area contributed by atoms with Gasteiger partial charge in [-0.05, 0) is 18.9 Å². The molecule has 1 aromatic carbocycles. The van der Waals surface area contributed by atoms with Crippen molar-refractivity contribution < 1.29 is 18.0 Å². The van der Waals surface area contributed by atoms with Crippen LogP contribution in [0.4, 0.5) is 19.0 Å². The first kappa shape index (κ1) is 17.7. The summed E-state index contributed by atoms with van der Waals surface area (Å²) in [6.45, 7) is 1.06. The van der Waals surface area contributed by atoms with Crippen LogP contribution in [0.25, 0.3) is 0 Å². The molecular weight excluding hydrogens is 353 g/mol. The van der Waals surface area contributed by atoms with Crippen LogP contribution in [0.2, 0.25) is 5.02 Å². The third-order valence-corrected chi connectivity index (χ3v) is 4.65. The average molecular weight is 369 g/mol. The van der Waals surface area contributed by atoms with Crippen molar-refractivity contribution in [2.45, 2.75) is 19.0 Å². The Morgan fingerprint density at radius 2 is 1.80 bits per heavy atom. The second-order valence-corrected chi connectivity index (χ2v) is 6.43. The van der Waals surface area contributed by atoms with Crippen molar-refractivity contribution in [2.75, 3.05) is 18.0 Å². The molecule has 7 heteroatoms. The fourth-order valence-electron chi connectivity index (χ4n) is 3.01. The van der Waals surface area contributed by atoms with Gasteiger partial charge in [0.2, 0.25) is 0 Å². The molecule has 1 aliphatic rings. The van der Waals surface area contributed by atoms with E-state index in [4.69, 9.17) is 11.6 Å². The van der Waals surface area contributed by atoms with Crippen LogP contribution in [0.3, 0.4) is 0 Å². The van der Waals surface area contributed by atoms with Gasteiger partial charge in [-0.3, -0.25) is 4.79 Å². The molecule has 0 radical (unpaired) electrons. The summed E-state index contributed by atoms with van der Waals surface area (Å²) < 4.78 is 38.1. The van der Waals surface area contributed by atoms with Crippen LogP contribution in [0.15, 0.2) is 42.6 Å². The molecule has 1 saturated heterocycles. The van der Waals surface area contributed by atoms with E-state index in [9.17, 15) is 18.0 Å². The second-order valence-electron chi connectivity index (χ2n) is 6.02. The highest BCUT2D eigenvalue weighted by atomic mass is 35.5. The predicted molar refractivity (Wildman–Crippen MR) is 90.0 cm³/mol. The molecule has 0 atom stereocenters. The van der Waals surface area contributed by atoms with Crippen LogP contribution in [-0.2, 0) is 6.18 Å². The summed E-state index contributed by atoms with van der Waals surface area (Å²) in [5.41, 5.74) is -0.179. The maximum atomic E-state index is 12.7. The van der Waals surface area contributed by atoms with Crippen molar-refractivity contribution >= 4 is 23.2 Å². The predicted octanol–water partition coefficient (Wildman–Crippen LogP) is 4.85. The van der Waals surface area contributed by atoms with E-state index in [1.165, 1.54) is 0 Å². The third-order valence-electron chi connectivity index (χ3n) is 4.37. The molecule has 3 nitrogen and oxygen atoms in total. The highest BCUT2D eigenvalue weighted by molar-refractivity contribution is 6.33. The fraction of sp³-hybridized carbons (Fsp3) is 0.333. The van der Waals surface area contributed by atoms with Crippen molar-refractivity contribution in [1.82, 2.24) is 4.98 Å². The zero-order valence-corrected chi connectivity index (χ0v) is 14.0. The number of benzene rings is 1. The molecule has 0 unspecified atom stereocenters. The third kappa shape index (κ3) is 3.95. The lowest BCUT2D eigenvalue weighted by Gasteiger charge is -2.32. The lowest BCUT2D eigenvalue weighted by atomic mass is 9.89. The number of piperidine rings is 1. The van der Waals surface area contributed by atoms with Crippen LogP contribution in [-0.4, -0.2) is 23.9 Å². The number of anilines is 1. The quantitative estimate of drug-likeness (QED) is 0.726. The van der Waals surface area contributed by atoms with E-state index >= 15 is 0 Å². The van der Waals surface area contributed by atoms with Crippen molar-refractivity contribution in [3.8, 4) is 0 Å². The zero-order valence-electron chi connectivity index (χ0n) is 13.3. The molecule has 0 N–H and O–H groups in total. The summed E-state index contributed by atoms with van der Waals surface area (Å²) in [7, 11) is 0. The number of Topliss-reactive ketones (excluding diaryl/α,β-unsaturated/α-hetero) is 1. The molecule has 2 heterocycles. The largest absolute Gasteiger partial charge is 0.417 e. The van der Waals surface area contributed by atoms with Gasteiger partial charge in [-0.25, -0.2) is 4.98 Å². The zero-order chi connectivity index (χ0) is 18.0. The number of carbonyl (C=O) groups is 1.